The van der Waals surface area contributed by atoms with E-state index >= 15 is 0 Å². The number of rotatable bonds is 6. The maximum absolute atomic E-state index is 12.1. The Labute approximate surface area is 154 Å². The summed E-state index contributed by atoms with van der Waals surface area (Å²) in [4.78, 5) is 13.9. The summed E-state index contributed by atoms with van der Waals surface area (Å²) in [5.74, 6) is 2.32. The highest BCUT2D eigenvalue weighted by molar-refractivity contribution is 5.99. The monoisotopic (exact) mass is 355 g/mol. The zero-order valence-electron chi connectivity index (χ0n) is 16.0. The van der Waals surface area contributed by atoms with Crippen molar-refractivity contribution in [1.29, 1.82) is 0 Å². The van der Waals surface area contributed by atoms with Crippen LogP contribution in [0.2, 0.25) is 0 Å². The van der Waals surface area contributed by atoms with Crippen LogP contribution in [0.3, 0.4) is 0 Å². The molecule has 0 unspecified atom stereocenters. The second-order valence-corrected chi connectivity index (χ2v) is 6.92. The largest absolute Gasteiger partial charge is 0.493 e. The molecule has 5 heteroatoms. The van der Waals surface area contributed by atoms with Crippen molar-refractivity contribution < 1.29 is 19.0 Å². The fourth-order valence-corrected chi connectivity index (χ4v) is 3.15. The second-order valence-electron chi connectivity index (χ2n) is 6.92. The Morgan fingerprint density at radius 3 is 2.42 bits per heavy atom. The van der Waals surface area contributed by atoms with Gasteiger partial charge in [0.05, 0.1) is 20.8 Å². The fourth-order valence-electron chi connectivity index (χ4n) is 3.15. The lowest BCUT2D eigenvalue weighted by molar-refractivity contribution is 0.0816. The highest BCUT2D eigenvalue weighted by atomic mass is 16.5. The molecule has 1 heterocycles. The smallest absolute Gasteiger partial charge is 0.254 e. The summed E-state index contributed by atoms with van der Waals surface area (Å²) in [6, 6.07) is 9.75. The Hall–Kier alpha value is -2.69. The van der Waals surface area contributed by atoms with Gasteiger partial charge in [-0.05, 0) is 41.3 Å². The molecule has 0 spiro atoms. The number of hydrogen-bond donors (Lipinski definition) is 0. The van der Waals surface area contributed by atoms with E-state index < -0.39 is 0 Å². The lowest BCUT2D eigenvalue weighted by Crippen LogP contribution is -2.17. The van der Waals surface area contributed by atoms with Crippen LogP contribution in [0, 0.1) is 5.92 Å². The van der Waals surface area contributed by atoms with Crippen molar-refractivity contribution in [3.05, 3.63) is 41.5 Å². The predicted octanol–water partition coefficient (Wildman–Crippen LogP) is 3.99. The first-order chi connectivity index (χ1) is 12.5. The van der Waals surface area contributed by atoms with Gasteiger partial charge in [0.1, 0.15) is 0 Å². The van der Waals surface area contributed by atoms with Gasteiger partial charge in [-0.25, -0.2) is 0 Å². The third-order valence-corrected chi connectivity index (χ3v) is 4.46. The van der Waals surface area contributed by atoms with E-state index in [0.717, 1.165) is 22.3 Å². The van der Waals surface area contributed by atoms with Crippen LogP contribution < -0.4 is 14.2 Å². The molecule has 1 aliphatic rings. The van der Waals surface area contributed by atoms with Crippen LogP contribution in [0.1, 0.15) is 29.8 Å². The van der Waals surface area contributed by atoms with Gasteiger partial charge >= 0.3 is 0 Å². The van der Waals surface area contributed by atoms with Crippen molar-refractivity contribution >= 4 is 5.91 Å². The summed E-state index contributed by atoms with van der Waals surface area (Å²) in [6.07, 6.45) is 0. The number of carbonyl (C=O) groups excluding carboxylic acids is 1. The maximum Gasteiger partial charge on any atom is 0.254 e. The van der Waals surface area contributed by atoms with Gasteiger partial charge in [0.15, 0.2) is 11.5 Å². The Morgan fingerprint density at radius 1 is 1.04 bits per heavy atom. The molecule has 138 valence electrons. The Morgan fingerprint density at radius 2 is 1.77 bits per heavy atom. The summed E-state index contributed by atoms with van der Waals surface area (Å²) >= 11 is 0. The van der Waals surface area contributed by atoms with Gasteiger partial charge in [0.25, 0.3) is 5.91 Å². The van der Waals surface area contributed by atoms with Gasteiger partial charge in [-0.15, -0.1) is 0 Å². The summed E-state index contributed by atoms with van der Waals surface area (Å²) in [5.41, 5.74) is 3.71. The van der Waals surface area contributed by atoms with Gasteiger partial charge in [-0.1, -0.05) is 19.9 Å². The van der Waals surface area contributed by atoms with Crippen molar-refractivity contribution in [3.8, 4) is 28.4 Å². The number of methoxy groups -OCH3 is 2. The van der Waals surface area contributed by atoms with Crippen LogP contribution in [0.4, 0.5) is 0 Å². The van der Waals surface area contributed by atoms with Crippen molar-refractivity contribution in [1.82, 2.24) is 4.90 Å². The molecule has 0 aliphatic carbocycles. The Bertz CT molecular complexity index is 829. The van der Waals surface area contributed by atoms with Crippen molar-refractivity contribution in [2.75, 3.05) is 27.9 Å². The van der Waals surface area contributed by atoms with Crippen molar-refractivity contribution in [2.24, 2.45) is 5.92 Å². The first-order valence-corrected chi connectivity index (χ1v) is 8.72. The first-order valence-electron chi connectivity index (χ1n) is 8.72. The SMILES string of the molecule is COc1ccc(-c2ccc3c(c2)CN(C)C3=O)c(OCC(C)C)c1OC. The van der Waals surface area contributed by atoms with E-state index in [1.165, 1.54) is 0 Å². The predicted molar refractivity (Wildman–Crippen MR) is 101 cm³/mol. The average Bonchev–Trinajstić information content (AvgIpc) is 2.92. The zero-order chi connectivity index (χ0) is 18.8. The molecule has 0 radical (unpaired) electrons. The molecule has 0 aromatic heterocycles. The minimum absolute atomic E-state index is 0.0649. The first kappa shape index (κ1) is 18.1. The molecule has 2 aromatic carbocycles. The van der Waals surface area contributed by atoms with E-state index in [4.69, 9.17) is 14.2 Å². The topological polar surface area (TPSA) is 48.0 Å². The minimum Gasteiger partial charge on any atom is -0.493 e. The van der Waals surface area contributed by atoms with Gasteiger partial charge < -0.3 is 19.1 Å². The highest BCUT2D eigenvalue weighted by Crippen LogP contribution is 2.45. The van der Waals surface area contributed by atoms with E-state index in [1.54, 1.807) is 19.1 Å². The van der Waals surface area contributed by atoms with Crippen LogP contribution in [0.5, 0.6) is 17.2 Å². The molecule has 0 fully saturated rings. The van der Waals surface area contributed by atoms with E-state index in [0.29, 0.717) is 36.3 Å². The molecule has 3 rings (SSSR count). The summed E-state index contributed by atoms with van der Waals surface area (Å²) in [6.45, 7) is 5.40. The Balaban J connectivity index is 2.10. The van der Waals surface area contributed by atoms with Gasteiger partial charge in [-0.2, -0.15) is 0 Å². The number of amides is 1. The molecule has 1 aliphatic heterocycles. The fraction of sp³-hybridized carbons (Fsp3) is 0.381. The molecular weight excluding hydrogens is 330 g/mol. The van der Waals surface area contributed by atoms with Gasteiger partial charge in [-0.3, -0.25) is 4.79 Å². The van der Waals surface area contributed by atoms with E-state index in [-0.39, 0.29) is 5.91 Å². The quantitative estimate of drug-likeness (QED) is 0.786. The van der Waals surface area contributed by atoms with E-state index in [2.05, 4.69) is 19.9 Å². The summed E-state index contributed by atoms with van der Waals surface area (Å²) in [5, 5.41) is 0. The van der Waals surface area contributed by atoms with Crippen LogP contribution in [0.15, 0.2) is 30.3 Å². The number of ether oxygens (including phenoxy) is 3. The molecule has 0 bridgehead atoms. The highest BCUT2D eigenvalue weighted by Gasteiger charge is 2.25. The van der Waals surface area contributed by atoms with Crippen LogP contribution >= 0.6 is 0 Å². The molecule has 0 saturated carbocycles. The standard InChI is InChI=1S/C21H25NO4/c1-13(2)12-26-19-16(8-9-18(24-4)20(19)25-5)14-6-7-17-15(10-14)11-22(3)21(17)23/h6-10,13H,11-12H2,1-5H3. The van der Waals surface area contributed by atoms with Crippen molar-refractivity contribution in [2.45, 2.75) is 20.4 Å². The maximum atomic E-state index is 12.1. The molecule has 5 nitrogen and oxygen atoms in total. The molecule has 1 amide bonds. The third kappa shape index (κ3) is 3.21. The molecule has 0 atom stereocenters. The molecule has 26 heavy (non-hydrogen) atoms. The lowest BCUT2D eigenvalue weighted by Gasteiger charge is -2.19. The van der Waals surface area contributed by atoms with Gasteiger partial charge in [0.2, 0.25) is 5.75 Å². The minimum atomic E-state index is 0.0649. The number of nitrogens with zero attached hydrogens (tertiary/aromatic N) is 1. The molecule has 0 saturated heterocycles. The normalized spacial score (nSPS) is 13.2. The van der Waals surface area contributed by atoms with Crippen LogP contribution in [0.25, 0.3) is 11.1 Å². The lowest BCUT2D eigenvalue weighted by atomic mass is 9.99. The third-order valence-electron chi connectivity index (χ3n) is 4.46. The average molecular weight is 355 g/mol. The number of fused-ring (bicyclic) bond motifs is 1. The molecule has 2 aromatic rings. The molecule has 0 N–H and O–H groups in total. The van der Waals surface area contributed by atoms with Crippen molar-refractivity contribution in [3.63, 3.8) is 0 Å². The number of benzene rings is 2. The number of carbonyl (C=O) groups is 1. The Kier molecular flexibility index (Phi) is 5.07. The van der Waals surface area contributed by atoms with E-state index in [9.17, 15) is 4.79 Å². The number of hydrogen-bond acceptors (Lipinski definition) is 4. The van der Waals surface area contributed by atoms with Crippen LogP contribution in [-0.4, -0.2) is 38.7 Å². The molecular formula is C21H25NO4. The van der Waals surface area contributed by atoms with Crippen LogP contribution in [-0.2, 0) is 6.54 Å². The van der Waals surface area contributed by atoms with E-state index in [1.807, 2.05) is 31.3 Å². The van der Waals surface area contributed by atoms with Gasteiger partial charge in [0, 0.05) is 24.7 Å². The summed E-state index contributed by atoms with van der Waals surface area (Å²) in [7, 11) is 5.04. The summed E-state index contributed by atoms with van der Waals surface area (Å²) < 4.78 is 17.1. The second kappa shape index (κ2) is 7.28. The zero-order valence-corrected chi connectivity index (χ0v) is 16.0.